The number of hydrogen-bond acceptors (Lipinski definition) is 4. The van der Waals surface area contributed by atoms with Crippen molar-refractivity contribution in [2.75, 3.05) is 24.5 Å². The Morgan fingerprint density at radius 1 is 0.966 bits per heavy atom. The van der Waals surface area contributed by atoms with Gasteiger partial charge in [-0.15, -0.1) is 0 Å². The van der Waals surface area contributed by atoms with Crippen LogP contribution in [-0.4, -0.2) is 37.2 Å². The van der Waals surface area contributed by atoms with Crippen molar-refractivity contribution in [2.24, 2.45) is 5.92 Å². The highest BCUT2D eigenvalue weighted by molar-refractivity contribution is 6.18. The number of nitrogens with zero attached hydrogens (tertiary/aromatic N) is 1. The maximum absolute atomic E-state index is 12.4. The van der Waals surface area contributed by atoms with Crippen LogP contribution in [0.3, 0.4) is 0 Å². The largest absolute Gasteiger partial charge is 0.349 e. The number of amidine groups is 2. The van der Waals surface area contributed by atoms with Gasteiger partial charge >= 0.3 is 0 Å². The summed E-state index contributed by atoms with van der Waals surface area (Å²) in [5.41, 5.74) is 1.93. The summed E-state index contributed by atoms with van der Waals surface area (Å²) in [7, 11) is 0. The molecule has 0 aliphatic carbocycles. The molecule has 1 aliphatic rings. The SMILES string of the molecule is N=C(CCc1ccccc1)N(C(=N)CNC(=O)C1CCNCC1)c1ccccc1. The smallest absolute Gasteiger partial charge is 0.223 e. The third kappa shape index (κ3) is 5.99. The van der Waals surface area contributed by atoms with Crippen molar-refractivity contribution in [3.05, 3.63) is 66.2 Å². The zero-order chi connectivity index (χ0) is 20.5. The molecule has 0 unspecified atom stereocenters. The third-order valence-electron chi connectivity index (χ3n) is 5.19. The van der Waals surface area contributed by atoms with Gasteiger partial charge in [0.15, 0.2) is 0 Å². The Balaban J connectivity index is 1.63. The molecule has 0 radical (unpaired) electrons. The van der Waals surface area contributed by atoms with Crippen LogP contribution in [0.2, 0.25) is 0 Å². The Labute approximate surface area is 172 Å². The number of piperidine rings is 1. The predicted molar refractivity (Wildman–Crippen MR) is 118 cm³/mol. The minimum Gasteiger partial charge on any atom is -0.349 e. The second-order valence-corrected chi connectivity index (χ2v) is 7.29. The van der Waals surface area contributed by atoms with E-state index in [2.05, 4.69) is 10.6 Å². The number of carbonyl (C=O) groups excluding carboxylic acids is 1. The summed E-state index contributed by atoms with van der Waals surface area (Å²) in [6.07, 6.45) is 2.91. The zero-order valence-electron chi connectivity index (χ0n) is 16.7. The van der Waals surface area contributed by atoms with E-state index in [0.29, 0.717) is 12.3 Å². The molecule has 1 heterocycles. The minimum atomic E-state index is 0.0000721. The van der Waals surface area contributed by atoms with Gasteiger partial charge in [-0.25, -0.2) is 0 Å². The first kappa shape index (κ1) is 20.7. The molecular weight excluding hydrogens is 362 g/mol. The molecule has 6 nitrogen and oxygen atoms in total. The summed E-state index contributed by atoms with van der Waals surface area (Å²) >= 11 is 0. The lowest BCUT2D eigenvalue weighted by atomic mass is 9.97. The van der Waals surface area contributed by atoms with Crippen molar-refractivity contribution in [1.29, 1.82) is 10.8 Å². The van der Waals surface area contributed by atoms with E-state index in [1.807, 2.05) is 60.7 Å². The van der Waals surface area contributed by atoms with Gasteiger partial charge in [0.2, 0.25) is 5.91 Å². The molecule has 6 heteroatoms. The van der Waals surface area contributed by atoms with Gasteiger partial charge in [-0.1, -0.05) is 48.5 Å². The van der Waals surface area contributed by atoms with Crippen LogP contribution in [0.15, 0.2) is 60.7 Å². The van der Waals surface area contributed by atoms with Gasteiger partial charge in [-0.2, -0.15) is 0 Å². The fraction of sp³-hybridized carbons (Fsp3) is 0.348. The number of amides is 1. The summed E-state index contributed by atoms with van der Waals surface area (Å²) < 4.78 is 0. The van der Waals surface area contributed by atoms with Gasteiger partial charge in [0.25, 0.3) is 0 Å². The van der Waals surface area contributed by atoms with Crippen LogP contribution in [-0.2, 0) is 11.2 Å². The van der Waals surface area contributed by atoms with Crippen LogP contribution >= 0.6 is 0 Å². The van der Waals surface area contributed by atoms with Crippen LogP contribution < -0.4 is 15.5 Å². The second kappa shape index (κ2) is 10.5. The lowest BCUT2D eigenvalue weighted by molar-refractivity contribution is -0.125. The van der Waals surface area contributed by atoms with E-state index in [1.54, 1.807) is 4.90 Å². The minimum absolute atomic E-state index is 0.0000721. The van der Waals surface area contributed by atoms with Gasteiger partial charge < -0.3 is 10.6 Å². The summed E-state index contributed by atoms with van der Waals surface area (Å²) in [5.74, 6) is 0.560. The van der Waals surface area contributed by atoms with Crippen molar-refractivity contribution in [2.45, 2.75) is 25.7 Å². The number of para-hydroxylation sites is 1. The Bertz CT molecular complexity index is 816. The molecule has 0 aromatic heterocycles. The maximum atomic E-state index is 12.4. The fourth-order valence-electron chi connectivity index (χ4n) is 3.55. The van der Waals surface area contributed by atoms with Crippen LogP contribution in [0.1, 0.15) is 24.8 Å². The molecule has 4 N–H and O–H groups in total. The Hall–Kier alpha value is -2.99. The standard InChI is InChI=1S/C23H29N5O/c24-21(12-11-18-7-3-1-4-8-18)28(20-9-5-2-6-10-20)22(25)17-27-23(29)19-13-15-26-16-14-19/h1-10,19,24-26H,11-17H2,(H,27,29). The van der Waals surface area contributed by atoms with Crippen molar-refractivity contribution in [3.8, 4) is 0 Å². The molecule has 0 spiro atoms. The normalized spacial score (nSPS) is 14.2. The molecule has 1 fully saturated rings. The molecule has 0 bridgehead atoms. The molecule has 0 atom stereocenters. The van der Waals surface area contributed by atoms with E-state index in [4.69, 9.17) is 10.8 Å². The van der Waals surface area contributed by atoms with E-state index in [9.17, 15) is 4.79 Å². The summed E-state index contributed by atoms with van der Waals surface area (Å²) in [4.78, 5) is 14.1. The van der Waals surface area contributed by atoms with Crippen molar-refractivity contribution < 1.29 is 4.79 Å². The molecule has 1 amide bonds. The van der Waals surface area contributed by atoms with Crippen molar-refractivity contribution in [3.63, 3.8) is 0 Å². The highest BCUT2D eigenvalue weighted by atomic mass is 16.1. The molecule has 3 rings (SSSR count). The van der Waals surface area contributed by atoms with Gasteiger partial charge in [0, 0.05) is 18.0 Å². The molecule has 1 saturated heterocycles. The van der Waals surface area contributed by atoms with E-state index in [-0.39, 0.29) is 24.2 Å². The quantitative estimate of drug-likeness (QED) is 0.431. The number of benzene rings is 2. The van der Waals surface area contributed by atoms with Gasteiger partial charge in [0.1, 0.15) is 11.7 Å². The van der Waals surface area contributed by atoms with E-state index < -0.39 is 0 Å². The summed E-state index contributed by atoms with van der Waals surface area (Å²) in [6, 6.07) is 19.5. The first-order chi connectivity index (χ1) is 14.1. The molecular formula is C23H29N5O. The van der Waals surface area contributed by atoms with Gasteiger partial charge in [-0.05, 0) is 50.0 Å². The third-order valence-corrected chi connectivity index (χ3v) is 5.19. The molecule has 29 heavy (non-hydrogen) atoms. The van der Waals surface area contributed by atoms with Crippen molar-refractivity contribution in [1.82, 2.24) is 10.6 Å². The molecule has 0 saturated carbocycles. The molecule has 152 valence electrons. The highest BCUT2D eigenvalue weighted by Crippen LogP contribution is 2.17. The number of nitrogens with one attached hydrogen (secondary N) is 4. The van der Waals surface area contributed by atoms with E-state index >= 15 is 0 Å². The van der Waals surface area contributed by atoms with Crippen LogP contribution in [0, 0.1) is 16.7 Å². The number of aryl methyl sites for hydroxylation is 1. The lowest BCUT2D eigenvalue weighted by Gasteiger charge is -2.27. The van der Waals surface area contributed by atoms with Gasteiger partial charge in [-0.3, -0.25) is 20.5 Å². The number of hydrogen-bond donors (Lipinski definition) is 4. The van der Waals surface area contributed by atoms with E-state index in [0.717, 1.165) is 43.6 Å². The molecule has 2 aromatic carbocycles. The molecule has 1 aliphatic heterocycles. The summed E-state index contributed by atoms with van der Waals surface area (Å²) in [5, 5.41) is 23.3. The topological polar surface area (TPSA) is 92.1 Å². The first-order valence-corrected chi connectivity index (χ1v) is 10.2. The average molecular weight is 392 g/mol. The zero-order valence-corrected chi connectivity index (χ0v) is 16.7. The average Bonchev–Trinajstić information content (AvgIpc) is 2.78. The van der Waals surface area contributed by atoms with Gasteiger partial charge in [0.05, 0.1) is 6.54 Å². The Morgan fingerprint density at radius 2 is 1.59 bits per heavy atom. The Kier molecular flexibility index (Phi) is 7.53. The lowest BCUT2D eigenvalue weighted by Crippen LogP contribution is -2.45. The number of rotatable bonds is 7. The van der Waals surface area contributed by atoms with E-state index in [1.165, 1.54) is 0 Å². The maximum Gasteiger partial charge on any atom is 0.223 e. The first-order valence-electron chi connectivity index (χ1n) is 10.2. The molecule has 2 aromatic rings. The Morgan fingerprint density at radius 3 is 2.24 bits per heavy atom. The highest BCUT2D eigenvalue weighted by Gasteiger charge is 2.23. The number of anilines is 1. The fourth-order valence-corrected chi connectivity index (χ4v) is 3.55. The second-order valence-electron chi connectivity index (χ2n) is 7.29. The van der Waals surface area contributed by atoms with Crippen molar-refractivity contribution >= 4 is 23.3 Å². The van der Waals surface area contributed by atoms with Crippen LogP contribution in [0.4, 0.5) is 5.69 Å². The monoisotopic (exact) mass is 391 g/mol. The summed E-state index contributed by atoms with van der Waals surface area (Å²) in [6.45, 7) is 1.83. The number of carbonyl (C=O) groups is 1. The predicted octanol–water partition coefficient (Wildman–Crippen LogP) is 3.20. The van der Waals surface area contributed by atoms with Crippen LogP contribution in [0.25, 0.3) is 0 Å². The van der Waals surface area contributed by atoms with Crippen LogP contribution in [0.5, 0.6) is 0 Å².